The molecule has 34 heavy (non-hydrogen) atoms. The Balaban J connectivity index is 1.47. The van der Waals surface area contributed by atoms with Gasteiger partial charge in [-0.15, -0.1) is 0 Å². The molecule has 0 saturated heterocycles. The first-order chi connectivity index (χ1) is 16.1. The predicted molar refractivity (Wildman–Crippen MR) is 115 cm³/mol. The Hall–Kier alpha value is -3.96. The normalized spacial score (nSPS) is 13.9. The van der Waals surface area contributed by atoms with Crippen LogP contribution in [0.15, 0.2) is 36.8 Å². The van der Waals surface area contributed by atoms with Crippen LogP contribution in [0.5, 0.6) is 0 Å². The fourth-order valence-electron chi connectivity index (χ4n) is 4.51. The van der Waals surface area contributed by atoms with Gasteiger partial charge in [-0.05, 0) is 37.1 Å². The predicted octanol–water partition coefficient (Wildman–Crippen LogP) is 2.93. The molecule has 176 valence electrons. The lowest BCUT2D eigenvalue weighted by molar-refractivity contribution is -0.143. The molecule has 0 N–H and O–H groups in total. The standard InChI is InChI=1S/C22H21F3N8O/c1-13-8-14(10-15(9-13)33-26-5-6-27-33)21(34)32-7-4-16-18(12-32)29-30(2)19(16)17-11-28-31(3)20(17)22(23,24)25/h5-6,8-11H,4,7,12H2,1-3H3. The van der Waals surface area contributed by atoms with Crippen molar-refractivity contribution in [1.29, 1.82) is 0 Å². The van der Waals surface area contributed by atoms with E-state index in [1.807, 2.05) is 13.0 Å². The van der Waals surface area contributed by atoms with Gasteiger partial charge in [0, 0.05) is 31.8 Å². The molecule has 0 fully saturated rings. The number of hydrogen-bond donors (Lipinski definition) is 0. The van der Waals surface area contributed by atoms with E-state index in [-0.39, 0.29) is 18.0 Å². The van der Waals surface area contributed by atoms with Crippen molar-refractivity contribution in [3.63, 3.8) is 0 Å². The van der Waals surface area contributed by atoms with Crippen LogP contribution in [0.25, 0.3) is 16.9 Å². The van der Waals surface area contributed by atoms with Crippen LogP contribution in [0.1, 0.15) is 32.9 Å². The smallest absolute Gasteiger partial charge is 0.332 e. The highest BCUT2D eigenvalue weighted by atomic mass is 19.4. The molecule has 1 aromatic carbocycles. The van der Waals surface area contributed by atoms with Crippen LogP contribution in [0.3, 0.4) is 0 Å². The lowest BCUT2D eigenvalue weighted by Gasteiger charge is -2.27. The number of hydrogen-bond acceptors (Lipinski definition) is 5. The van der Waals surface area contributed by atoms with Gasteiger partial charge in [-0.3, -0.25) is 14.2 Å². The number of benzene rings is 1. The number of nitrogens with zero attached hydrogens (tertiary/aromatic N) is 8. The molecule has 3 aromatic heterocycles. The van der Waals surface area contributed by atoms with E-state index in [0.29, 0.717) is 41.2 Å². The van der Waals surface area contributed by atoms with Crippen LogP contribution >= 0.6 is 0 Å². The van der Waals surface area contributed by atoms with Gasteiger partial charge in [-0.25, -0.2) is 0 Å². The van der Waals surface area contributed by atoms with Crippen molar-refractivity contribution in [2.24, 2.45) is 14.1 Å². The highest BCUT2D eigenvalue weighted by Gasteiger charge is 2.40. The first-order valence-corrected chi connectivity index (χ1v) is 10.6. The molecule has 5 rings (SSSR count). The second-order valence-corrected chi connectivity index (χ2v) is 8.28. The second kappa shape index (κ2) is 7.82. The number of fused-ring (bicyclic) bond motifs is 1. The van der Waals surface area contributed by atoms with Crippen molar-refractivity contribution in [2.75, 3.05) is 6.54 Å². The van der Waals surface area contributed by atoms with Gasteiger partial charge < -0.3 is 4.90 Å². The van der Waals surface area contributed by atoms with Crippen molar-refractivity contribution in [3.8, 4) is 16.9 Å². The molecular formula is C22H21F3N8O. The minimum Gasteiger partial charge on any atom is -0.332 e. The summed E-state index contributed by atoms with van der Waals surface area (Å²) in [5.74, 6) is -0.188. The van der Waals surface area contributed by atoms with Gasteiger partial charge in [0.25, 0.3) is 5.91 Å². The summed E-state index contributed by atoms with van der Waals surface area (Å²) in [6.07, 6.45) is 0.161. The summed E-state index contributed by atoms with van der Waals surface area (Å²) in [5, 5.41) is 16.5. The number of halogens is 3. The van der Waals surface area contributed by atoms with Gasteiger partial charge in [-0.2, -0.15) is 38.4 Å². The molecule has 4 aromatic rings. The van der Waals surface area contributed by atoms with E-state index in [0.717, 1.165) is 10.2 Å². The summed E-state index contributed by atoms with van der Waals surface area (Å²) in [6.45, 7) is 2.44. The fourth-order valence-corrected chi connectivity index (χ4v) is 4.51. The maximum absolute atomic E-state index is 13.7. The van der Waals surface area contributed by atoms with E-state index in [2.05, 4.69) is 20.4 Å². The molecule has 0 radical (unpaired) electrons. The molecule has 0 aliphatic carbocycles. The van der Waals surface area contributed by atoms with Crippen LogP contribution in [-0.4, -0.2) is 51.9 Å². The third-order valence-corrected chi connectivity index (χ3v) is 5.91. The molecule has 0 bridgehead atoms. The Kier molecular flexibility index (Phi) is 5.03. The van der Waals surface area contributed by atoms with E-state index in [1.165, 1.54) is 22.7 Å². The zero-order valence-corrected chi connectivity index (χ0v) is 18.7. The second-order valence-electron chi connectivity index (χ2n) is 8.28. The van der Waals surface area contributed by atoms with Crippen molar-refractivity contribution in [1.82, 2.24) is 39.5 Å². The molecule has 0 atom stereocenters. The Morgan fingerprint density at radius 3 is 2.47 bits per heavy atom. The third-order valence-electron chi connectivity index (χ3n) is 5.91. The number of alkyl halides is 3. The topological polar surface area (TPSA) is 86.7 Å². The zero-order chi connectivity index (χ0) is 24.2. The molecule has 0 spiro atoms. The quantitative estimate of drug-likeness (QED) is 0.460. The van der Waals surface area contributed by atoms with E-state index in [9.17, 15) is 18.0 Å². The maximum Gasteiger partial charge on any atom is 0.433 e. The monoisotopic (exact) mass is 470 g/mol. The largest absolute Gasteiger partial charge is 0.433 e. The average Bonchev–Trinajstić information content (AvgIpc) is 3.50. The SMILES string of the molecule is Cc1cc(C(=O)N2CCc3c(nn(C)c3-c3cnn(C)c3C(F)(F)F)C2)cc(-n2nccn2)c1. The highest BCUT2D eigenvalue weighted by molar-refractivity contribution is 5.95. The molecule has 1 amide bonds. The molecule has 1 aliphatic rings. The summed E-state index contributed by atoms with van der Waals surface area (Å²) < 4.78 is 43.3. The number of aromatic nitrogens is 7. The van der Waals surface area contributed by atoms with Crippen molar-refractivity contribution >= 4 is 5.91 Å². The number of carbonyl (C=O) groups is 1. The Bertz CT molecular complexity index is 1380. The number of carbonyl (C=O) groups excluding carboxylic acids is 1. The summed E-state index contributed by atoms with van der Waals surface area (Å²) in [6, 6.07) is 5.39. The molecule has 0 unspecified atom stereocenters. The molecule has 9 nitrogen and oxygen atoms in total. The Morgan fingerprint density at radius 2 is 1.76 bits per heavy atom. The minimum absolute atomic E-state index is 0.0129. The van der Waals surface area contributed by atoms with Crippen molar-refractivity contribution in [3.05, 3.63) is 64.9 Å². The van der Waals surface area contributed by atoms with E-state index < -0.39 is 11.9 Å². The lowest BCUT2D eigenvalue weighted by atomic mass is 9.99. The molecule has 1 aliphatic heterocycles. The van der Waals surface area contributed by atoms with Gasteiger partial charge in [-0.1, -0.05) is 0 Å². The molecule has 0 saturated carbocycles. The van der Waals surface area contributed by atoms with Gasteiger partial charge in [0.05, 0.1) is 47.8 Å². The van der Waals surface area contributed by atoms with E-state index in [1.54, 1.807) is 36.5 Å². The van der Waals surface area contributed by atoms with Crippen LogP contribution in [0.2, 0.25) is 0 Å². The summed E-state index contributed by atoms with van der Waals surface area (Å²) in [4.78, 5) is 16.4. The number of rotatable bonds is 3. The fraction of sp³-hybridized carbons (Fsp3) is 0.318. The van der Waals surface area contributed by atoms with Crippen LogP contribution in [0, 0.1) is 6.92 Å². The van der Waals surface area contributed by atoms with E-state index >= 15 is 0 Å². The van der Waals surface area contributed by atoms with Crippen LogP contribution in [-0.2, 0) is 33.2 Å². The average molecular weight is 470 g/mol. The summed E-state index contributed by atoms with van der Waals surface area (Å²) in [5.41, 5.74) is 2.86. The summed E-state index contributed by atoms with van der Waals surface area (Å²) in [7, 11) is 2.88. The minimum atomic E-state index is -4.55. The molecule has 4 heterocycles. The first kappa shape index (κ1) is 21.9. The van der Waals surface area contributed by atoms with Gasteiger partial charge in [0.2, 0.25) is 0 Å². The van der Waals surface area contributed by atoms with E-state index in [4.69, 9.17) is 0 Å². The highest BCUT2D eigenvalue weighted by Crippen LogP contribution is 2.39. The van der Waals surface area contributed by atoms with Crippen molar-refractivity contribution in [2.45, 2.75) is 26.1 Å². The maximum atomic E-state index is 13.7. The number of aryl methyl sites for hydroxylation is 3. The van der Waals surface area contributed by atoms with Gasteiger partial charge >= 0.3 is 6.18 Å². The summed E-state index contributed by atoms with van der Waals surface area (Å²) >= 11 is 0. The Labute approximate surface area is 192 Å². The van der Waals surface area contributed by atoms with Crippen molar-refractivity contribution < 1.29 is 18.0 Å². The third kappa shape index (κ3) is 3.64. The van der Waals surface area contributed by atoms with Gasteiger partial charge in [0.15, 0.2) is 5.69 Å². The zero-order valence-electron chi connectivity index (χ0n) is 18.7. The lowest BCUT2D eigenvalue weighted by Crippen LogP contribution is -2.36. The molecular weight excluding hydrogens is 449 g/mol. The van der Waals surface area contributed by atoms with Gasteiger partial charge in [0.1, 0.15) is 0 Å². The first-order valence-electron chi connectivity index (χ1n) is 10.6. The van der Waals surface area contributed by atoms with Crippen LogP contribution < -0.4 is 0 Å². The Morgan fingerprint density at radius 1 is 1.03 bits per heavy atom. The number of amides is 1. The molecule has 12 heteroatoms. The van der Waals surface area contributed by atoms with Crippen LogP contribution in [0.4, 0.5) is 13.2 Å².